The summed E-state index contributed by atoms with van der Waals surface area (Å²) >= 11 is 7.67. The molecule has 0 saturated carbocycles. The van der Waals surface area contributed by atoms with Crippen molar-refractivity contribution >= 4 is 34.2 Å². The summed E-state index contributed by atoms with van der Waals surface area (Å²) in [6.07, 6.45) is 0. The Kier molecular flexibility index (Phi) is 5.67. The van der Waals surface area contributed by atoms with Crippen LogP contribution in [-0.2, 0) is 0 Å². The Morgan fingerprint density at radius 1 is 1.47 bits per heavy atom. The van der Waals surface area contributed by atoms with Crippen LogP contribution >= 0.6 is 28.6 Å². The molecule has 1 rings (SSSR count). The number of benzene rings is 1. The first kappa shape index (κ1) is 16.3. The van der Waals surface area contributed by atoms with Gasteiger partial charge in [0.05, 0.1) is 22.1 Å². The van der Waals surface area contributed by atoms with Gasteiger partial charge in [-0.1, -0.05) is 20.8 Å². The molecule has 0 saturated heterocycles. The van der Waals surface area contributed by atoms with Crippen molar-refractivity contribution in [3.8, 4) is 5.75 Å². The summed E-state index contributed by atoms with van der Waals surface area (Å²) in [5.74, 6) is 1.46. The Balaban J connectivity index is 2.82. The first-order valence-electron chi connectivity index (χ1n) is 5.93. The zero-order chi connectivity index (χ0) is 14.6. The molecule has 1 atom stereocenters. The number of non-ortho nitro benzene ring substituents is 1. The summed E-state index contributed by atoms with van der Waals surface area (Å²) in [6, 6.07) is 4.50. The molecule has 106 valence electrons. The summed E-state index contributed by atoms with van der Waals surface area (Å²) in [5, 5.41) is 10.7. The van der Waals surface area contributed by atoms with Crippen LogP contribution in [0.3, 0.4) is 0 Å². The van der Waals surface area contributed by atoms with Gasteiger partial charge in [-0.15, -0.1) is 0 Å². The minimum absolute atomic E-state index is 0.0244. The summed E-state index contributed by atoms with van der Waals surface area (Å²) < 4.78 is 6.42. The molecule has 0 heterocycles. The highest BCUT2D eigenvalue weighted by Crippen LogP contribution is 2.32. The zero-order valence-corrected chi connectivity index (χ0v) is 13.7. The minimum Gasteiger partial charge on any atom is -0.492 e. The minimum atomic E-state index is -0.431. The smallest absolute Gasteiger partial charge is 0.273 e. The molecule has 0 aliphatic rings. The molecule has 0 aromatic heterocycles. The molecule has 6 heteroatoms. The summed E-state index contributed by atoms with van der Waals surface area (Å²) in [4.78, 5) is 10.3. The molecule has 0 fully saturated rings. The standard InChI is InChI=1S/C13H18BrNO3S/c1-13(2,3)9(8-19)7-18-12-6-10(15(16)17)4-5-11(12)14/h4-6,9,19H,7-8H2,1-3H3. The van der Waals surface area contributed by atoms with Crippen LogP contribution in [0, 0.1) is 21.4 Å². The van der Waals surface area contributed by atoms with Crippen molar-refractivity contribution in [3.05, 3.63) is 32.8 Å². The SMILES string of the molecule is CC(C)(C)C(CS)COc1cc([N+](=O)[O-])ccc1Br. The van der Waals surface area contributed by atoms with Gasteiger partial charge >= 0.3 is 0 Å². The van der Waals surface area contributed by atoms with Crippen molar-refractivity contribution in [3.63, 3.8) is 0 Å². The Bertz CT molecular complexity index is 460. The molecule has 0 aliphatic heterocycles. The average Bonchev–Trinajstić information content (AvgIpc) is 2.30. The lowest BCUT2D eigenvalue weighted by Gasteiger charge is -2.29. The third-order valence-electron chi connectivity index (χ3n) is 3.01. The fraction of sp³-hybridized carbons (Fsp3) is 0.538. The lowest BCUT2D eigenvalue weighted by molar-refractivity contribution is -0.385. The highest BCUT2D eigenvalue weighted by atomic mass is 79.9. The summed E-state index contributed by atoms with van der Waals surface area (Å²) in [5.41, 5.74) is 0.103. The first-order chi connectivity index (χ1) is 8.75. The van der Waals surface area contributed by atoms with Crippen LogP contribution in [0.25, 0.3) is 0 Å². The Morgan fingerprint density at radius 2 is 2.11 bits per heavy atom. The highest BCUT2D eigenvalue weighted by Gasteiger charge is 2.24. The molecule has 0 bridgehead atoms. The topological polar surface area (TPSA) is 52.4 Å². The molecular formula is C13H18BrNO3S. The van der Waals surface area contributed by atoms with Gasteiger partial charge in [-0.2, -0.15) is 12.6 Å². The van der Waals surface area contributed by atoms with Crippen LogP contribution in [0.2, 0.25) is 0 Å². The van der Waals surface area contributed by atoms with Crippen LogP contribution in [0.5, 0.6) is 5.75 Å². The lowest BCUT2D eigenvalue weighted by Crippen LogP contribution is -2.28. The number of nitro groups is 1. The number of rotatable bonds is 5. The van der Waals surface area contributed by atoms with E-state index in [1.165, 1.54) is 12.1 Å². The van der Waals surface area contributed by atoms with E-state index in [2.05, 4.69) is 49.3 Å². The quantitative estimate of drug-likeness (QED) is 0.490. The molecule has 0 radical (unpaired) electrons. The van der Waals surface area contributed by atoms with Crippen molar-refractivity contribution in [2.24, 2.45) is 11.3 Å². The van der Waals surface area contributed by atoms with Gasteiger partial charge in [0.25, 0.3) is 5.69 Å². The summed E-state index contributed by atoms with van der Waals surface area (Å²) in [6.45, 7) is 6.85. The van der Waals surface area contributed by atoms with Crippen molar-refractivity contribution in [1.82, 2.24) is 0 Å². The van der Waals surface area contributed by atoms with E-state index < -0.39 is 4.92 Å². The van der Waals surface area contributed by atoms with Gasteiger partial charge in [0, 0.05) is 12.0 Å². The average molecular weight is 348 g/mol. The molecule has 0 amide bonds. The Hall–Kier alpha value is -0.750. The molecule has 1 aromatic carbocycles. The molecule has 1 aromatic rings. The third kappa shape index (κ3) is 4.69. The van der Waals surface area contributed by atoms with E-state index in [0.717, 1.165) is 0 Å². The predicted molar refractivity (Wildman–Crippen MR) is 83.1 cm³/mol. The number of halogens is 1. The molecule has 19 heavy (non-hydrogen) atoms. The molecule has 1 unspecified atom stereocenters. The van der Waals surface area contributed by atoms with E-state index in [-0.39, 0.29) is 17.0 Å². The van der Waals surface area contributed by atoms with Gasteiger partial charge in [-0.3, -0.25) is 10.1 Å². The van der Waals surface area contributed by atoms with Crippen LogP contribution < -0.4 is 4.74 Å². The van der Waals surface area contributed by atoms with Crippen LogP contribution in [0.1, 0.15) is 20.8 Å². The predicted octanol–water partition coefficient (Wildman–Crippen LogP) is 4.33. The van der Waals surface area contributed by atoms with Gasteiger partial charge < -0.3 is 4.74 Å². The fourth-order valence-corrected chi connectivity index (χ4v) is 2.50. The van der Waals surface area contributed by atoms with E-state index in [1.54, 1.807) is 6.07 Å². The maximum atomic E-state index is 10.7. The zero-order valence-electron chi connectivity index (χ0n) is 11.2. The van der Waals surface area contributed by atoms with E-state index >= 15 is 0 Å². The lowest BCUT2D eigenvalue weighted by atomic mass is 9.82. The second-order valence-corrected chi connectivity index (χ2v) is 6.65. The molecule has 4 nitrogen and oxygen atoms in total. The fourth-order valence-electron chi connectivity index (χ4n) is 1.48. The number of thiol groups is 1. The van der Waals surface area contributed by atoms with E-state index in [0.29, 0.717) is 22.6 Å². The Labute approximate surface area is 127 Å². The molecule has 0 aliphatic carbocycles. The van der Waals surface area contributed by atoms with Gasteiger partial charge in [0.2, 0.25) is 0 Å². The second kappa shape index (κ2) is 6.61. The maximum absolute atomic E-state index is 10.7. The van der Waals surface area contributed by atoms with Crippen LogP contribution in [0.15, 0.2) is 22.7 Å². The van der Waals surface area contributed by atoms with Gasteiger partial charge in [-0.05, 0) is 33.2 Å². The second-order valence-electron chi connectivity index (χ2n) is 5.43. The highest BCUT2D eigenvalue weighted by molar-refractivity contribution is 9.10. The van der Waals surface area contributed by atoms with Gasteiger partial charge in [0.1, 0.15) is 5.75 Å². The number of nitro benzene ring substituents is 1. The number of hydrogen-bond acceptors (Lipinski definition) is 4. The molecule has 0 N–H and O–H groups in total. The van der Waals surface area contributed by atoms with Crippen LogP contribution in [0.4, 0.5) is 5.69 Å². The van der Waals surface area contributed by atoms with Crippen molar-refractivity contribution < 1.29 is 9.66 Å². The number of ether oxygens (including phenoxy) is 1. The van der Waals surface area contributed by atoms with Crippen molar-refractivity contribution in [2.45, 2.75) is 20.8 Å². The molecule has 0 spiro atoms. The van der Waals surface area contributed by atoms with Crippen LogP contribution in [-0.4, -0.2) is 17.3 Å². The normalized spacial score (nSPS) is 13.1. The summed E-state index contributed by atoms with van der Waals surface area (Å²) in [7, 11) is 0. The van der Waals surface area contributed by atoms with E-state index in [1.807, 2.05) is 0 Å². The van der Waals surface area contributed by atoms with E-state index in [4.69, 9.17) is 4.74 Å². The maximum Gasteiger partial charge on any atom is 0.273 e. The van der Waals surface area contributed by atoms with Crippen molar-refractivity contribution in [2.75, 3.05) is 12.4 Å². The monoisotopic (exact) mass is 347 g/mol. The van der Waals surface area contributed by atoms with Gasteiger partial charge in [-0.25, -0.2) is 0 Å². The Morgan fingerprint density at radius 3 is 2.58 bits per heavy atom. The number of nitrogens with zero attached hydrogens (tertiary/aromatic N) is 1. The van der Waals surface area contributed by atoms with Gasteiger partial charge in [0.15, 0.2) is 0 Å². The van der Waals surface area contributed by atoms with Crippen molar-refractivity contribution in [1.29, 1.82) is 0 Å². The first-order valence-corrected chi connectivity index (χ1v) is 7.36. The molecular weight excluding hydrogens is 330 g/mol. The third-order valence-corrected chi connectivity index (χ3v) is 4.11. The number of hydrogen-bond donors (Lipinski definition) is 1. The largest absolute Gasteiger partial charge is 0.492 e. The van der Waals surface area contributed by atoms with E-state index in [9.17, 15) is 10.1 Å².